The number of aliphatic carboxylic acids is 1. The van der Waals surface area contributed by atoms with E-state index in [2.05, 4.69) is 17.9 Å². The van der Waals surface area contributed by atoms with Crippen molar-refractivity contribution < 1.29 is 19.5 Å². The highest BCUT2D eigenvalue weighted by Gasteiger charge is 2.44. The predicted molar refractivity (Wildman–Crippen MR) is 112 cm³/mol. The molecule has 0 aromatic heterocycles. The molecule has 0 aliphatic carbocycles. The molecule has 0 fully saturated rings. The van der Waals surface area contributed by atoms with E-state index in [1.165, 1.54) is 4.90 Å². The van der Waals surface area contributed by atoms with Crippen LogP contribution in [0.5, 0.6) is 0 Å². The molecule has 6 nitrogen and oxygen atoms in total. The number of hydrogen-bond acceptors (Lipinski definition) is 4. The van der Waals surface area contributed by atoms with Gasteiger partial charge in [0.25, 0.3) is 0 Å². The number of rotatable bonds is 5. The molecule has 2 aliphatic heterocycles. The molecule has 2 aliphatic rings. The lowest BCUT2D eigenvalue weighted by Gasteiger charge is -2.26. The van der Waals surface area contributed by atoms with E-state index in [0.29, 0.717) is 24.9 Å². The normalized spacial score (nSPS) is 21.3. The van der Waals surface area contributed by atoms with Crippen molar-refractivity contribution in [3.63, 3.8) is 0 Å². The van der Waals surface area contributed by atoms with Crippen molar-refractivity contribution in [1.29, 1.82) is 0 Å². The van der Waals surface area contributed by atoms with Crippen LogP contribution in [-0.2, 0) is 33.6 Å². The highest BCUT2D eigenvalue weighted by Crippen LogP contribution is 2.39. The molecule has 150 valence electrons. The first kappa shape index (κ1) is 19.5. The number of amides is 2. The van der Waals surface area contributed by atoms with Crippen molar-refractivity contribution in [3.05, 3.63) is 65.2 Å². The number of carbonyl (C=O) groups is 3. The molecule has 2 aromatic carbocycles. The quantitative estimate of drug-likeness (QED) is 0.658. The van der Waals surface area contributed by atoms with Gasteiger partial charge in [-0.3, -0.25) is 14.5 Å². The van der Waals surface area contributed by atoms with Gasteiger partial charge in [-0.2, -0.15) is 12.6 Å². The minimum Gasteiger partial charge on any atom is -0.480 e. The van der Waals surface area contributed by atoms with Crippen molar-refractivity contribution in [2.45, 2.75) is 43.0 Å². The van der Waals surface area contributed by atoms with Crippen LogP contribution in [0.3, 0.4) is 0 Å². The number of nitrogens with one attached hydrogen (secondary N) is 1. The van der Waals surface area contributed by atoms with Crippen LogP contribution in [0.1, 0.15) is 23.1 Å². The first-order valence-corrected chi connectivity index (χ1v) is 10.2. The predicted octanol–water partition coefficient (Wildman–Crippen LogP) is 2.00. The largest absolute Gasteiger partial charge is 0.480 e. The Hall–Kier alpha value is -2.80. The summed E-state index contributed by atoms with van der Waals surface area (Å²) in [5, 5.41) is 11.9. The van der Waals surface area contributed by atoms with E-state index in [9.17, 15) is 19.5 Å². The van der Waals surface area contributed by atoms with Gasteiger partial charge in [-0.1, -0.05) is 48.5 Å². The summed E-state index contributed by atoms with van der Waals surface area (Å²) in [5.41, 5.74) is 3.50. The fraction of sp³-hybridized carbons (Fsp3) is 0.318. The second-order valence-electron chi connectivity index (χ2n) is 7.50. The number of carboxylic acid groups (broad SMARTS) is 1. The van der Waals surface area contributed by atoms with Crippen molar-refractivity contribution in [2.75, 3.05) is 4.90 Å². The van der Waals surface area contributed by atoms with E-state index in [-0.39, 0.29) is 18.2 Å². The SMILES string of the molecule is O=C(N[C@@H]1CCc2cccc3c2N(C1=O)[C@H](C(=O)O)C3)[C@@H](S)Cc1ccccc1. The van der Waals surface area contributed by atoms with E-state index >= 15 is 0 Å². The van der Waals surface area contributed by atoms with E-state index in [1.807, 2.05) is 48.5 Å². The maximum Gasteiger partial charge on any atom is 0.327 e. The average Bonchev–Trinajstić information content (AvgIpc) is 3.05. The van der Waals surface area contributed by atoms with Crippen molar-refractivity contribution >= 4 is 36.1 Å². The van der Waals surface area contributed by atoms with Crippen LogP contribution in [0.15, 0.2) is 48.5 Å². The van der Waals surface area contributed by atoms with Crippen LogP contribution in [-0.4, -0.2) is 40.2 Å². The number of carboxylic acids is 1. The molecular formula is C22H22N2O4S. The Bertz CT molecular complexity index is 963. The lowest BCUT2D eigenvalue weighted by atomic mass is 10.0. The minimum absolute atomic E-state index is 0.286. The van der Waals surface area contributed by atoms with Crippen LogP contribution in [0.2, 0.25) is 0 Å². The van der Waals surface area contributed by atoms with Crippen LogP contribution < -0.4 is 10.2 Å². The zero-order chi connectivity index (χ0) is 20.5. The Morgan fingerprint density at radius 2 is 1.86 bits per heavy atom. The van der Waals surface area contributed by atoms with Crippen LogP contribution in [0.25, 0.3) is 0 Å². The van der Waals surface area contributed by atoms with Gasteiger partial charge in [-0.15, -0.1) is 0 Å². The van der Waals surface area contributed by atoms with Crippen molar-refractivity contribution in [1.82, 2.24) is 5.32 Å². The second-order valence-corrected chi connectivity index (χ2v) is 8.12. The van der Waals surface area contributed by atoms with E-state index in [0.717, 1.165) is 16.7 Å². The molecule has 0 spiro atoms. The molecule has 29 heavy (non-hydrogen) atoms. The number of hydrogen-bond donors (Lipinski definition) is 3. The lowest BCUT2D eigenvalue weighted by Crippen LogP contribution is -2.53. The Labute approximate surface area is 174 Å². The maximum atomic E-state index is 13.2. The van der Waals surface area contributed by atoms with Gasteiger partial charge < -0.3 is 10.4 Å². The van der Waals surface area contributed by atoms with E-state index in [4.69, 9.17) is 0 Å². The highest BCUT2D eigenvalue weighted by molar-refractivity contribution is 7.81. The fourth-order valence-electron chi connectivity index (χ4n) is 4.16. The molecule has 3 atom stereocenters. The fourth-order valence-corrected chi connectivity index (χ4v) is 4.45. The first-order chi connectivity index (χ1) is 14.0. The van der Waals surface area contributed by atoms with Crippen LogP contribution in [0, 0.1) is 0 Å². The number of para-hydroxylation sites is 1. The van der Waals surface area contributed by atoms with Gasteiger partial charge in [-0.05, 0) is 36.0 Å². The third-order valence-corrected chi connectivity index (χ3v) is 6.00. The molecule has 7 heteroatoms. The molecular weight excluding hydrogens is 388 g/mol. The molecule has 4 rings (SSSR count). The average molecular weight is 410 g/mol. The molecule has 0 saturated heterocycles. The summed E-state index contributed by atoms with van der Waals surface area (Å²) in [7, 11) is 0. The van der Waals surface area contributed by atoms with Gasteiger partial charge in [-0.25, -0.2) is 4.79 Å². The number of aryl methyl sites for hydroxylation is 1. The lowest BCUT2D eigenvalue weighted by molar-refractivity contribution is -0.140. The van der Waals surface area contributed by atoms with Gasteiger partial charge in [0, 0.05) is 6.42 Å². The molecule has 2 N–H and O–H groups in total. The second kappa shape index (κ2) is 7.91. The van der Waals surface area contributed by atoms with Gasteiger partial charge in [0.1, 0.15) is 12.1 Å². The zero-order valence-corrected chi connectivity index (χ0v) is 16.6. The van der Waals surface area contributed by atoms with Crippen LogP contribution >= 0.6 is 12.6 Å². The van der Waals surface area contributed by atoms with E-state index in [1.54, 1.807) is 0 Å². The number of benzene rings is 2. The minimum atomic E-state index is -1.04. The van der Waals surface area contributed by atoms with Crippen molar-refractivity contribution in [2.24, 2.45) is 0 Å². The molecule has 2 aromatic rings. The number of nitrogens with zero attached hydrogens (tertiary/aromatic N) is 1. The molecule has 0 unspecified atom stereocenters. The Morgan fingerprint density at radius 1 is 1.14 bits per heavy atom. The summed E-state index contributed by atoms with van der Waals surface area (Å²) in [6.07, 6.45) is 1.75. The third kappa shape index (κ3) is 3.74. The zero-order valence-electron chi connectivity index (χ0n) is 15.7. The third-order valence-electron chi connectivity index (χ3n) is 5.58. The van der Waals surface area contributed by atoms with Crippen molar-refractivity contribution in [3.8, 4) is 0 Å². The topological polar surface area (TPSA) is 86.7 Å². The van der Waals surface area contributed by atoms with Gasteiger partial charge in [0.15, 0.2) is 0 Å². The highest BCUT2D eigenvalue weighted by atomic mass is 32.1. The molecule has 2 heterocycles. The molecule has 0 saturated carbocycles. The Morgan fingerprint density at radius 3 is 2.59 bits per heavy atom. The summed E-state index contributed by atoms with van der Waals surface area (Å²) in [6.45, 7) is 0. The monoisotopic (exact) mass is 410 g/mol. The molecule has 2 amide bonds. The summed E-state index contributed by atoms with van der Waals surface area (Å²) in [6, 6.07) is 13.5. The van der Waals surface area contributed by atoms with Crippen LogP contribution in [0.4, 0.5) is 5.69 Å². The summed E-state index contributed by atoms with van der Waals surface area (Å²) in [5.74, 6) is -1.73. The molecule has 0 radical (unpaired) electrons. The van der Waals surface area contributed by atoms with Gasteiger partial charge in [0.05, 0.1) is 10.9 Å². The smallest absolute Gasteiger partial charge is 0.327 e. The van der Waals surface area contributed by atoms with Gasteiger partial charge in [0.2, 0.25) is 11.8 Å². The Kier molecular flexibility index (Phi) is 5.32. The van der Waals surface area contributed by atoms with Gasteiger partial charge >= 0.3 is 5.97 Å². The Balaban J connectivity index is 1.53. The van der Waals surface area contributed by atoms with E-state index < -0.39 is 23.3 Å². The maximum absolute atomic E-state index is 13.2. The number of carbonyl (C=O) groups excluding carboxylic acids is 2. The summed E-state index contributed by atoms with van der Waals surface area (Å²) in [4.78, 5) is 39.1. The standard InChI is InChI=1S/C22H22N2O4S/c25-20(18(29)11-13-5-2-1-3-6-13)23-16-10-9-14-7-4-8-15-12-17(22(27)28)24(19(14)15)21(16)26/h1-8,16-18,29H,9-12H2,(H,23,25)(H,27,28)/t16-,17+,18+/m1/s1. The first-order valence-electron chi connectivity index (χ1n) is 9.64. The number of anilines is 1. The number of thiol groups is 1. The summed E-state index contributed by atoms with van der Waals surface area (Å²) < 4.78 is 0. The summed E-state index contributed by atoms with van der Waals surface area (Å²) >= 11 is 4.42. The molecule has 0 bridgehead atoms.